The molecule has 7 heteroatoms. The van der Waals surface area contributed by atoms with Gasteiger partial charge in [0.2, 0.25) is 0 Å². The molecule has 2 heterocycles. The maximum atomic E-state index is 12.0. The monoisotopic (exact) mass is 471 g/mol. The molecule has 0 atom stereocenters. The number of piperidine rings is 1. The molecule has 156 valence electrons. The van der Waals surface area contributed by atoms with Gasteiger partial charge in [-0.25, -0.2) is 4.79 Å². The zero-order chi connectivity index (χ0) is 20.9. The molecule has 2 rings (SSSR count). The second kappa shape index (κ2) is 9.88. The van der Waals surface area contributed by atoms with Crippen molar-refractivity contribution >= 4 is 33.6 Å². The lowest BCUT2D eigenvalue weighted by Crippen LogP contribution is -2.46. The summed E-state index contributed by atoms with van der Waals surface area (Å²) in [7, 11) is 0. The van der Waals surface area contributed by atoms with Crippen molar-refractivity contribution in [1.29, 1.82) is 0 Å². The van der Waals surface area contributed by atoms with Crippen molar-refractivity contribution in [3.8, 4) is 0 Å². The summed E-state index contributed by atoms with van der Waals surface area (Å²) in [5, 5.41) is 7.08. The van der Waals surface area contributed by atoms with Crippen molar-refractivity contribution in [2.24, 2.45) is 0 Å². The van der Waals surface area contributed by atoms with E-state index in [4.69, 9.17) is 16.3 Å². The van der Waals surface area contributed by atoms with Gasteiger partial charge in [-0.3, -0.25) is 0 Å². The van der Waals surface area contributed by atoms with Crippen LogP contribution in [0, 0.1) is 0 Å². The molecule has 2 N–H and O–H groups in total. The molecule has 1 saturated heterocycles. The fourth-order valence-electron chi connectivity index (χ4n) is 3.19. The van der Waals surface area contributed by atoms with E-state index < -0.39 is 5.60 Å². The number of nitrogens with one attached hydrogen (secondary N) is 2. The molecule has 1 amide bonds. The van der Waals surface area contributed by atoms with E-state index in [0.29, 0.717) is 6.54 Å². The molecule has 0 aromatic heterocycles. The molecule has 0 unspecified atom stereocenters. The molecule has 0 aromatic carbocycles. The summed E-state index contributed by atoms with van der Waals surface area (Å²) in [6.45, 7) is 14.2. The van der Waals surface area contributed by atoms with Gasteiger partial charge in [0.25, 0.3) is 0 Å². The van der Waals surface area contributed by atoms with Crippen LogP contribution in [0.25, 0.3) is 0 Å². The number of amides is 1. The Morgan fingerprint density at radius 3 is 2.64 bits per heavy atom. The summed E-state index contributed by atoms with van der Waals surface area (Å²) in [4.78, 5) is 14.3. The second-order valence-corrected chi connectivity index (χ2v) is 9.52. The molecule has 0 aromatic rings. The lowest BCUT2D eigenvalue weighted by atomic mass is 9.99. The Morgan fingerprint density at radius 1 is 1.43 bits per heavy atom. The first-order chi connectivity index (χ1) is 13.1. The Hall–Kier alpha value is -1.40. The van der Waals surface area contributed by atoms with E-state index >= 15 is 0 Å². The molecule has 28 heavy (non-hydrogen) atoms. The normalized spacial score (nSPS) is 21.1. The minimum Gasteiger partial charge on any atom is -0.444 e. The Morgan fingerprint density at radius 2 is 2.07 bits per heavy atom. The summed E-state index contributed by atoms with van der Waals surface area (Å²) in [6.07, 6.45) is 6.35. The smallest absolute Gasteiger partial charge is 0.407 e. The average molecular weight is 473 g/mol. The Labute approximate surface area is 182 Å². The first-order valence-corrected chi connectivity index (χ1v) is 10.9. The molecular weight excluding hydrogens is 442 g/mol. The van der Waals surface area contributed by atoms with Gasteiger partial charge in [-0.1, -0.05) is 47.1 Å². The topological polar surface area (TPSA) is 53.6 Å². The SMILES string of the molecule is C=C1C(N2CCC(NC(=O)OC(C)(C)C)CC2)=C(Cl)CN/C1=C/C=C(/Br)CC. The van der Waals surface area contributed by atoms with Crippen LogP contribution in [0.3, 0.4) is 0 Å². The highest BCUT2D eigenvalue weighted by molar-refractivity contribution is 9.11. The molecule has 0 spiro atoms. The van der Waals surface area contributed by atoms with Crippen LogP contribution in [0.1, 0.15) is 47.0 Å². The lowest BCUT2D eigenvalue weighted by Gasteiger charge is -2.38. The molecule has 5 nitrogen and oxygen atoms in total. The van der Waals surface area contributed by atoms with Crippen LogP contribution >= 0.6 is 27.5 Å². The van der Waals surface area contributed by atoms with E-state index in [-0.39, 0.29) is 12.1 Å². The number of halogens is 2. The Bertz CT molecular complexity index is 699. The second-order valence-electron chi connectivity index (χ2n) is 8.04. The third kappa shape index (κ3) is 6.59. The molecule has 0 saturated carbocycles. The number of nitrogens with zero attached hydrogens (tertiary/aromatic N) is 1. The number of ether oxygens (including phenoxy) is 1. The van der Waals surface area contributed by atoms with Gasteiger partial charge in [0.1, 0.15) is 5.60 Å². The van der Waals surface area contributed by atoms with Gasteiger partial charge in [0, 0.05) is 30.4 Å². The highest BCUT2D eigenvalue weighted by Crippen LogP contribution is 2.31. The van der Waals surface area contributed by atoms with E-state index in [2.05, 4.69) is 45.0 Å². The van der Waals surface area contributed by atoms with Crippen molar-refractivity contribution in [1.82, 2.24) is 15.5 Å². The number of alkyl carbamates (subject to hydrolysis) is 1. The Balaban J connectivity index is 1.99. The number of carbonyl (C=O) groups excluding carboxylic acids is 1. The maximum Gasteiger partial charge on any atom is 0.407 e. The number of hydrogen-bond acceptors (Lipinski definition) is 4. The third-order valence-electron chi connectivity index (χ3n) is 4.60. The Kier molecular flexibility index (Phi) is 8.07. The molecule has 0 bridgehead atoms. The largest absolute Gasteiger partial charge is 0.444 e. The minimum absolute atomic E-state index is 0.110. The molecule has 1 fully saturated rings. The van der Waals surface area contributed by atoms with Crippen LogP contribution in [-0.2, 0) is 4.74 Å². The van der Waals surface area contributed by atoms with Crippen LogP contribution in [0.4, 0.5) is 4.79 Å². The number of hydrogen-bond donors (Lipinski definition) is 2. The first-order valence-electron chi connectivity index (χ1n) is 9.73. The highest BCUT2D eigenvalue weighted by Gasteiger charge is 2.28. The quantitative estimate of drug-likeness (QED) is 0.593. The van der Waals surface area contributed by atoms with Crippen molar-refractivity contribution < 1.29 is 9.53 Å². The van der Waals surface area contributed by atoms with Crippen LogP contribution < -0.4 is 10.6 Å². The summed E-state index contributed by atoms with van der Waals surface area (Å²) < 4.78 is 6.48. The predicted molar refractivity (Wildman–Crippen MR) is 119 cm³/mol. The third-order valence-corrected chi connectivity index (χ3v) is 5.74. The molecular formula is C21H31BrClN3O2. The van der Waals surface area contributed by atoms with Crippen molar-refractivity contribution in [3.63, 3.8) is 0 Å². The van der Waals surface area contributed by atoms with Crippen LogP contribution in [-0.4, -0.2) is 42.3 Å². The summed E-state index contributed by atoms with van der Waals surface area (Å²) in [6, 6.07) is 0.110. The van der Waals surface area contributed by atoms with Gasteiger partial charge in [-0.2, -0.15) is 0 Å². The summed E-state index contributed by atoms with van der Waals surface area (Å²) in [5.41, 5.74) is 2.41. The van der Waals surface area contributed by atoms with Crippen molar-refractivity contribution in [2.75, 3.05) is 19.6 Å². The fraction of sp³-hybridized carbons (Fsp3) is 0.571. The van der Waals surface area contributed by atoms with Gasteiger partial charge in [0.15, 0.2) is 0 Å². The predicted octanol–water partition coefficient (Wildman–Crippen LogP) is 5.16. The van der Waals surface area contributed by atoms with E-state index in [9.17, 15) is 4.79 Å². The van der Waals surface area contributed by atoms with Gasteiger partial charge in [0.05, 0.1) is 17.3 Å². The lowest BCUT2D eigenvalue weighted by molar-refractivity contribution is 0.0484. The number of carbonyl (C=O) groups is 1. The van der Waals surface area contributed by atoms with E-state index in [0.717, 1.165) is 58.8 Å². The van der Waals surface area contributed by atoms with Crippen LogP contribution in [0.15, 0.2) is 45.2 Å². The van der Waals surface area contributed by atoms with Gasteiger partial charge in [-0.05, 0) is 50.6 Å². The summed E-state index contributed by atoms with van der Waals surface area (Å²) >= 11 is 10.1. The number of rotatable bonds is 4. The van der Waals surface area contributed by atoms with Crippen LogP contribution in [0.2, 0.25) is 0 Å². The molecule has 0 aliphatic carbocycles. The van der Waals surface area contributed by atoms with Crippen molar-refractivity contribution in [3.05, 3.63) is 45.2 Å². The van der Waals surface area contributed by atoms with E-state index in [1.54, 1.807) is 0 Å². The van der Waals surface area contributed by atoms with Crippen LogP contribution in [0.5, 0.6) is 0 Å². The van der Waals surface area contributed by atoms with Gasteiger partial charge in [-0.15, -0.1) is 0 Å². The zero-order valence-corrected chi connectivity index (χ0v) is 19.5. The highest BCUT2D eigenvalue weighted by atomic mass is 79.9. The van der Waals surface area contributed by atoms with E-state index in [1.165, 1.54) is 0 Å². The fourth-order valence-corrected chi connectivity index (χ4v) is 3.62. The van der Waals surface area contributed by atoms with Gasteiger partial charge < -0.3 is 20.3 Å². The van der Waals surface area contributed by atoms with Gasteiger partial charge >= 0.3 is 6.09 Å². The summed E-state index contributed by atoms with van der Waals surface area (Å²) in [5.74, 6) is 0. The standard InChI is InChI=1S/C21H31BrClN3O2/c1-6-15(22)7-8-18-14(2)19(17(23)13-24-18)26-11-9-16(10-12-26)25-20(27)28-21(3,4)5/h7-8,16,24H,2,6,9-13H2,1,3-5H3,(H,25,27)/b15-7+,18-8+. The van der Waals surface area contributed by atoms with Crippen molar-refractivity contribution in [2.45, 2.75) is 58.6 Å². The first kappa shape index (κ1) is 22.9. The minimum atomic E-state index is -0.486. The molecule has 2 aliphatic heterocycles. The molecule has 2 aliphatic rings. The number of likely N-dealkylation sites (tertiary alicyclic amines) is 1. The average Bonchev–Trinajstić information content (AvgIpc) is 2.60. The zero-order valence-electron chi connectivity index (χ0n) is 17.2. The molecule has 0 radical (unpaired) electrons. The number of allylic oxidation sites excluding steroid dienone is 3. The maximum absolute atomic E-state index is 12.0. The van der Waals surface area contributed by atoms with E-state index in [1.807, 2.05) is 32.9 Å².